The van der Waals surface area contributed by atoms with E-state index in [1.807, 2.05) is 0 Å². The molecule has 0 saturated carbocycles. The van der Waals surface area contributed by atoms with Crippen molar-refractivity contribution in [1.29, 1.82) is 0 Å². The van der Waals surface area contributed by atoms with E-state index in [1.165, 1.54) is 12.8 Å². The Kier molecular flexibility index (Phi) is 4.41. The predicted molar refractivity (Wildman–Crippen MR) is 47.9 cm³/mol. The van der Waals surface area contributed by atoms with Crippen LogP contribution in [0.1, 0.15) is 26.2 Å². The Morgan fingerprint density at radius 3 is 2.64 bits per heavy atom. The molecule has 0 radical (unpaired) electrons. The Morgan fingerprint density at radius 1 is 1.45 bits per heavy atom. The molecular formula is C8H15BrO2. The molecule has 1 aliphatic rings. The number of ether oxygens (including phenoxy) is 2. The fourth-order valence-corrected chi connectivity index (χ4v) is 1.46. The van der Waals surface area contributed by atoms with Crippen LogP contribution in [0.15, 0.2) is 0 Å². The third kappa shape index (κ3) is 4.09. The third-order valence-electron chi connectivity index (χ3n) is 1.73. The Hall–Kier alpha value is 0.400. The van der Waals surface area contributed by atoms with Gasteiger partial charge in [-0.2, -0.15) is 0 Å². The Bertz CT molecular complexity index is 100. The molecule has 1 unspecified atom stereocenters. The van der Waals surface area contributed by atoms with Gasteiger partial charge in [-0.15, -0.1) is 0 Å². The first-order valence-corrected chi connectivity index (χ1v) is 5.08. The van der Waals surface area contributed by atoms with Crippen molar-refractivity contribution in [3.8, 4) is 0 Å². The third-order valence-corrected chi connectivity index (χ3v) is 2.19. The number of rotatable bonds is 4. The SMILES string of the molecule is CC(Br)CCCC1OCCO1. The highest BCUT2D eigenvalue weighted by Gasteiger charge is 2.14. The van der Waals surface area contributed by atoms with Crippen LogP contribution in [0.25, 0.3) is 0 Å². The Balaban J connectivity index is 1.94. The summed E-state index contributed by atoms with van der Waals surface area (Å²) in [6, 6.07) is 0. The van der Waals surface area contributed by atoms with E-state index < -0.39 is 0 Å². The van der Waals surface area contributed by atoms with Crippen molar-refractivity contribution in [2.24, 2.45) is 0 Å². The topological polar surface area (TPSA) is 18.5 Å². The second kappa shape index (κ2) is 5.12. The standard InChI is InChI=1S/C8H15BrO2/c1-7(9)3-2-4-8-10-5-6-11-8/h7-8H,2-6H2,1H3. The summed E-state index contributed by atoms with van der Waals surface area (Å²) in [6.45, 7) is 3.71. The van der Waals surface area contributed by atoms with Crippen molar-refractivity contribution in [1.82, 2.24) is 0 Å². The fourth-order valence-electron chi connectivity index (χ4n) is 1.14. The smallest absolute Gasteiger partial charge is 0.157 e. The average molecular weight is 223 g/mol. The first-order valence-electron chi connectivity index (χ1n) is 4.16. The van der Waals surface area contributed by atoms with Crippen LogP contribution in [0.2, 0.25) is 0 Å². The van der Waals surface area contributed by atoms with Crippen molar-refractivity contribution in [3.05, 3.63) is 0 Å². The minimum atomic E-state index is 0.0845. The molecule has 0 bridgehead atoms. The van der Waals surface area contributed by atoms with Gasteiger partial charge >= 0.3 is 0 Å². The number of hydrogen-bond donors (Lipinski definition) is 0. The number of alkyl halides is 1. The molecule has 0 aromatic rings. The Morgan fingerprint density at radius 2 is 2.09 bits per heavy atom. The maximum Gasteiger partial charge on any atom is 0.157 e. The fraction of sp³-hybridized carbons (Fsp3) is 1.00. The van der Waals surface area contributed by atoms with Gasteiger partial charge in [0.05, 0.1) is 13.2 Å². The largest absolute Gasteiger partial charge is 0.350 e. The first-order chi connectivity index (χ1) is 5.29. The van der Waals surface area contributed by atoms with Crippen LogP contribution in [0.4, 0.5) is 0 Å². The van der Waals surface area contributed by atoms with Crippen molar-refractivity contribution in [2.75, 3.05) is 13.2 Å². The van der Waals surface area contributed by atoms with Gasteiger partial charge in [-0.25, -0.2) is 0 Å². The first kappa shape index (κ1) is 9.49. The molecule has 1 rings (SSSR count). The van der Waals surface area contributed by atoms with Crippen LogP contribution < -0.4 is 0 Å². The molecule has 1 heterocycles. The lowest BCUT2D eigenvalue weighted by Gasteiger charge is -2.08. The second-order valence-corrected chi connectivity index (χ2v) is 4.45. The van der Waals surface area contributed by atoms with Crippen LogP contribution >= 0.6 is 15.9 Å². The van der Waals surface area contributed by atoms with Gasteiger partial charge in [0, 0.05) is 4.83 Å². The molecular weight excluding hydrogens is 208 g/mol. The maximum absolute atomic E-state index is 5.30. The van der Waals surface area contributed by atoms with Crippen molar-refractivity contribution in [3.63, 3.8) is 0 Å². The van der Waals surface area contributed by atoms with Crippen LogP contribution in [0, 0.1) is 0 Å². The van der Waals surface area contributed by atoms with E-state index in [2.05, 4.69) is 22.9 Å². The molecule has 2 nitrogen and oxygen atoms in total. The molecule has 0 spiro atoms. The lowest BCUT2D eigenvalue weighted by Crippen LogP contribution is -2.07. The van der Waals surface area contributed by atoms with Gasteiger partial charge in [0.1, 0.15) is 0 Å². The molecule has 11 heavy (non-hydrogen) atoms. The van der Waals surface area contributed by atoms with E-state index in [0.717, 1.165) is 19.6 Å². The highest BCUT2D eigenvalue weighted by Crippen LogP contribution is 2.14. The van der Waals surface area contributed by atoms with Gasteiger partial charge in [0.15, 0.2) is 6.29 Å². The minimum absolute atomic E-state index is 0.0845. The molecule has 0 N–H and O–H groups in total. The lowest BCUT2D eigenvalue weighted by molar-refractivity contribution is -0.0478. The summed E-state index contributed by atoms with van der Waals surface area (Å²) in [5.41, 5.74) is 0. The molecule has 1 saturated heterocycles. The summed E-state index contributed by atoms with van der Waals surface area (Å²) in [7, 11) is 0. The lowest BCUT2D eigenvalue weighted by atomic mass is 10.2. The number of hydrogen-bond acceptors (Lipinski definition) is 2. The van der Waals surface area contributed by atoms with Crippen molar-refractivity contribution < 1.29 is 9.47 Å². The molecule has 0 amide bonds. The normalized spacial score (nSPS) is 22.4. The molecule has 1 fully saturated rings. The van der Waals surface area contributed by atoms with E-state index in [9.17, 15) is 0 Å². The van der Waals surface area contributed by atoms with E-state index in [4.69, 9.17) is 9.47 Å². The monoisotopic (exact) mass is 222 g/mol. The highest BCUT2D eigenvalue weighted by atomic mass is 79.9. The average Bonchev–Trinajstić information content (AvgIpc) is 2.39. The number of halogens is 1. The summed E-state index contributed by atoms with van der Waals surface area (Å²) in [6.07, 6.45) is 3.50. The summed E-state index contributed by atoms with van der Waals surface area (Å²) >= 11 is 3.50. The zero-order chi connectivity index (χ0) is 8.10. The minimum Gasteiger partial charge on any atom is -0.350 e. The molecule has 1 atom stereocenters. The van der Waals surface area contributed by atoms with Crippen molar-refractivity contribution in [2.45, 2.75) is 37.3 Å². The zero-order valence-electron chi connectivity index (χ0n) is 6.88. The summed E-state index contributed by atoms with van der Waals surface area (Å²) in [5, 5.41) is 0. The summed E-state index contributed by atoms with van der Waals surface area (Å²) in [4.78, 5) is 0.615. The molecule has 0 aromatic heterocycles. The van der Waals surface area contributed by atoms with Crippen molar-refractivity contribution >= 4 is 15.9 Å². The maximum atomic E-state index is 5.30. The molecule has 0 aromatic carbocycles. The quantitative estimate of drug-likeness (QED) is 0.681. The molecule has 0 aliphatic carbocycles. The van der Waals surface area contributed by atoms with E-state index >= 15 is 0 Å². The van der Waals surface area contributed by atoms with Gasteiger partial charge in [-0.3, -0.25) is 0 Å². The second-order valence-electron chi connectivity index (χ2n) is 2.88. The van der Waals surface area contributed by atoms with Crippen LogP contribution in [0.5, 0.6) is 0 Å². The van der Waals surface area contributed by atoms with Crippen LogP contribution in [0.3, 0.4) is 0 Å². The van der Waals surface area contributed by atoms with Gasteiger partial charge < -0.3 is 9.47 Å². The highest BCUT2D eigenvalue weighted by molar-refractivity contribution is 9.09. The van der Waals surface area contributed by atoms with E-state index in [0.29, 0.717) is 4.83 Å². The van der Waals surface area contributed by atoms with Gasteiger partial charge in [0.25, 0.3) is 0 Å². The van der Waals surface area contributed by atoms with Gasteiger partial charge in [0.2, 0.25) is 0 Å². The predicted octanol–water partition coefficient (Wildman–Crippen LogP) is 2.31. The van der Waals surface area contributed by atoms with Gasteiger partial charge in [-0.1, -0.05) is 22.9 Å². The molecule has 3 heteroatoms. The molecule has 1 aliphatic heterocycles. The van der Waals surface area contributed by atoms with Gasteiger partial charge in [-0.05, 0) is 19.3 Å². The van der Waals surface area contributed by atoms with Crippen LogP contribution in [-0.4, -0.2) is 24.3 Å². The zero-order valence-corrected chi connectivity index (χ0v) is 8.47. The summed E-state index contributed by atoms with van der Waals surface area (Å²) in [5.74, 6) is 0. The summed E-state index contributed by atoms with van der Waals surface area (Å²) < 4.78 is 10.6. The van der Waals surface area contributed by atoms with Crippen LogP contribution in [-0.2, 0) is 9.47 Å². The Labute approximate surface area is 76.4 Å². The van der Waals surface area contributed by atoms with E-state index in [1.54, 1.807) is 0 Å². The van der Waals surface area contributed by atoms with E-state index in [-0.39, 0.29) is 6.29 Å². The molecule has 66 valence electrons.